The summed E-state index contributed by atoms with van der Waals surface area (Å²) in [6, 6.07) is 9.82. The highest BCUT2D eigenvalue weighted by Gasteiger charge is 2.17. The van der Waals surface area contributed by atoms with Crippen LogP contribution in [-0.2, 0) is 11.3 Å². The lowest BCUT2D eigenvalue weighted by Gasteiger charge is -2.29. The van der Waals surface area contributed by atoms with Crippen LogP contribution in [0.25, 0.3) is 0 Å². The molecule has 0 saturated carbocycles. The first-order valence-electron chi connectivity index (χ1n) is 9.85. The summed E-state index contributed by atoms with van der Waals surface area (Å²) in [4.78, 5) is 11.3. The number of nitrogens with zero attached hydrogens (tertiary/aromatic N) is 3. The van der Waals surface area contributed by atoms with E-state index in [1.165, 1.54) is 0 Å². The standard InChI is InChI=1S/C22H30N4O3/c1-16-4-5-20(23)17(10-16)13-24-14-18-11-19(26-6-8-28-9-7-26)12-21(25-18)29-15-22(2,3)27/h4-5,10-12,14,27H,6-9,13,15,23H2,1-3H3. The molecule has 2 heterocycles. The summed E-state index contributed by atoms with van der Waals surface area (Å²) in [5.74, 6) is 0.465. The van der Waals surface area contributed by atoms with E-state index >= 15 is 0 Å². The Labute approximate surface area is 172 Å². The molecule has 0 radical (unpaired) electrons. The first kappa shape index (κ1) is 21.1. The second-order valence-electron chi connectivity index (χ2n) is 7.96. The Bertz CT molecular complexity index is 856. The maximum atomic E-state index is 9.96. The van der Waals surface area contributed by atoms with E-state index in [4.69, 9.17) is 15.2 Å². The Morgan fingerprint density at radius 1 is 1.28 bits per heavy atom. The highest BCUT2D eigenvalue weighted by molar-refractivity contribution is 5.79. The molecule has 29 heavy (non-hydrogen) atoms. The number of hydrogen-bond donors (Lipinski definition) is 2. The molecular weight excluding hydrogens is 368 g/mol. The minimum Gasteiger partial charge on any atom is -0.475 e. The number of morpholine rings is 1. The summed E-state index contributed by atoms with van der Waals surface area (Å²) in [7, 11) is 0. The lowest BCUT2D eigenvalue weighted by atomic mass is 10.1. The van der Waals surface area contributed by atoms with Crippen LogP contribution in [0.5, 0.6) is 5.88 Å². The van der Waals surface area contributed by atoms with Gasteiger partial charge in [-0.05, 0) is 38.5 Å². The molecule has 3 N–H and O–H groups in total. The molecule has 0 aliphatic carbocycles. The summed E-state index contributed by atoms with van der Waals surface area (Å²) < 4.78 is 11.2. The van der Waals surface area contributed by atoms with Gasteiger partial charge in [-0.25, -0.2) is 4.98 Å². The number of hydrogen-bond acceptors (Lipinski definition) is 7. The summed E-state index contributed by atoms with van der Waals surface area (Å²) in [6.45, 7) is 9.08. The molecule has 0 atom stereocenters. The molecule has 7 heteroatoms. The van der Waals surface area contributed by atoms with Gasteiger partial charge >= 0.3 is 0 Å². The number of aryl methyl sites for hydroxylation is 1. The fraction of sp³-hybridized carbons (Fsp3) is 0.455. The van der Waals surface area contributed by atoms with Crippen LogP contribution in [0.2, 0.25) is 0 Å². The van der Waals surface area contributed by atoms with E-state index in [9.17, 15) is 5.11 Å². The molecule has 0 spiro atoms. The van der Waals surface area contributed by atoms with Crippen molar-refractivity contribution in [1.82, 2.24) is 4.98 Å². The lowest BCUT2D eigenvalue weighted by molar-refractivity contribution is 0.0268. The number of nitrogen functional groups attached to an aromatic ring is 1. The number of aromatic nitrogens is 1. The summed E-state index contributed by atoms with van der Waals surface area (Å²) in [5.41, 5.74) is 9.69. The summed E-state index contributed by atoms with van der Waals surface area (Å²) in [6.07, 6.45) is 1.74. The van der Waals surface area contributed by atoms with Crippen LogP contribution in [0.3, 0.4) is 0 Å². The summed E-state index contributed by atoms with van der Waals surface area (Å²) in [5, 5.41) is 9.96. The number of ether oxygens (including phenoxy) is 2. The van der Waals surface area contributed by atoms with Gasteiger partial charge in [0.2, 0.25) is 5.88 Å². The van der Waals surface area contributed by atoms with E-state index in [2.05, 4.69) is 14.9 Å². The Morgan fingerprint density at radius 2 is 2.03 bits per heavy atom. The maximum absolute atomic E-state index is 9.96. The zero-order chi connectivity index (χ0) is 20.9. The molecule has 0 amide bonds. The Hall–Kier alpha value is -2.64. The van der Waals surface area contributed by atoms with Crippen molar-refractivity contribution in [2.75, 3.05) is 43.5 Å². The molecule has 1 fully saturated rings. The van der Waals surface area contributed by atoms with Crippen molar-refractivity contribution in [3.63, 3.8) is 0 Å². The molecule has 1 aromatic carbocycles. The van der Waals surface area contributed by atoms with E-state index in [0.717, 1.165) is 35.6 Å². The van der Waals surface area contributed by atoms with Gasteiger partial charge < -0.3 is 25.2 Å². The molecule has 2 aromatic rings. The van der Waals surface area contributed by atoms with Crippen LogP contribution in [0, 0.1) is 6.92 Å². The minimum absolute atomic E-state index is 0.156. The van der Waals surface area contributed by atoms with Crippen molar-refractivity contribution in [2.24, 2.45) is 4.99 Å². The van der Waals surface area contributed by atoms with Crippen LogP contribution in [0.4, 0.5) is 11.4 Å². The van der Waals surface area contributed by atoms with Crippen molar-refractivity contribution >= 4 is 17.6 Å². The monoisotopic (exact) mass is 398 g/mol. The largest absolute Gasteiger partial charge is 0.475 e. The van der Waals surface area contributed by atoms with Gasteiger partial charge in [-0.1, -0.05) is 17.7 Å². The van der Waals surface area contributed by atoms with Gasteiger partial charge in [-0.2, -0.15) is 0 Å². The SMILES string of the molecule is Cc1ccc(N)c(CN=Cc2cc(N3CCOCC3)cc(OCC(C)(C)O)n2)c1. The topological polar surface area (TPSA) is 93.2 Å². The molecule has 1 aromatic heterocycles. The zero-order valence-corrected chi connectivity index (χ0v) is 17.4. The first-order valence-corrected chi connectivity index (χ1v) is 9.85. The minimum atomic E-state index is -0.937. The Morgan fingerprint density at radius 3 is 2.76 bits per heavy atom. The highest BCUT2D eigenvalue weighted by atomic mass is 16.5. The average molecular weight is 399 g/mol. The van der Waals surface area contributed by atoms with Crippen LogP contribution < -0.4 is 15.4 Å². The molecule has 1 aliphatic rings. The average Bonchev–Trinajstić information content (AvgIpc) is 2.69. The molecule has 0 unspecified atom stereocenters. The number of nitrogens with two attached hydrogens (primary N) is 1. The molecule has 7 nitrogen and oxygen atoms in total. The Balaban J connectivity index is 1.80. The van der Waals surface area contributed by atoms with Gasteiger partial charge in [0.05, 0.1) is 31.1 Å². The number of aliphatic imine (C=N–C) groups is 1. The fourth-order valence-electron chi connectivity index (χ4n) is 3.02. The molecule has 1 saturated heterocycles. The number of aliphatic hydroxyl groups is 1. The van der Waals surface area contributed by atoms with E-state index < -0.39 is 5.60 Å². The highest BCUT2D eigenvalue weighted by Crippen LogP contribution is 2.23. The van der Waals surface area contributed by atoms with Gasteiger partial charge in [0.15, 0.2) is 0 Å². The van der Waals surface area contributed by atoms with Crippen LogP contribution >= 0.6 is 0 Å². The maximum Gasteiger partial charge on any atom is 0.216 e. The number of pyridine rings is 1. The van der Waals surface area contributed by atoms with Crippen molar-refractivity contribution in [3.8, 4) is 5.88 Å². The quantitative estimate of drug-likeness (QED) is 0.550. The van der Waals surface area contributed by atoms with Gasteiger partial charge in [-0.3, -0.25) is 4.99 Å². The second-order valence-corrected chi connectivity index (χ2v) is 7.96. The predicted molar refractivity (Wildman–Crippen MR) is 116 cm³/mol. The van der Waals surface area contributed by atoms with E-state index in [1.807, 2.05) is 37.3 Å². The third-order valence-corrected chi connectivity index (χ3v) is 4.54. The molecule has 1 aliphatic heterocycles. The summed E-state index contributed by atoms with van der Waals surface area (Å²) >= 11 is 0. The van der Waals surface area contributed by atoms with Crippen LogP contribution in [-0.4, -0.2) is 54.8 Å². The number of anilines is 2. The van der Waals surface area contributed by atoms with E-state index in [1.54, 1.807) is 20.1 Å². The molecule has 0 bridgehead atoms. The molecular formula is C22H30N4O3. The number of benzene rings is 1. The molecule has 3 rings (SSSR count). The van der Waals surface area contributed by atoms with Crippen molar-refractivity contribution < 1.29 is 14.6 Å². The lowest BCUT2D eigenvalue weighted by Crippen LogP contribution is -2.36. The van der Waals surface area contributed by atoms with Crippen LogP contribution in [0.1, 0.15) is 30.7 Å². The normalized spacial score (nSPS) is 15.1. The second kappa shape index (κ2) is 9.24. The fourth-order valence-corrected chi connectivity index (χ4v) is 3.02. The van der Waals surface area contributed by atoms with Gasteiger partial charge in [0.1, 0.15) is 6.61 Å². The third kappa shape index (κ3) is 6.44. The number of rotatable bonds is 7. The zero-order valence-electron chi connectivity index (χ0n) is 17.4. The third-order valence-electron chi connectivity index (χ3n) is 4.54. The van der Waals surface area contributed by atoms with Crippen molar-refractivity contribution in [2.45, 2.75) is 32.9 Å². The van der Waals surface area contributed by atoms with Crippen LogP contribution in [0.15, 0.2) is 35.3 Å². The van der Waals surface area contributed by atoms with Gasteiger partial charge in [0.25, 0.3) is 0 Å². The van der Waals surface area contributed by atoms with Crippen molar-refractivity contribution in [1.29, 1.82) is 0 Å². The van der Waals surface area contributed by atoms with E-state index in [-0.39, 0.29) is 6.61 Å². The first-order chi connectivity index (χ1) is 13.8. The Kier molecular flexibility index (Phi) is 6.71. The molecule has 156 valence electrons. The van der Waals surface area contributed by atoms with Gasteiger partial charge in [-0.15, -0.1) is 0 Å². The van der Waals surface area contributed by atoms with Crippen molar-refractivity contribution in [3.05, 3.63) is 47.2 Å². The smallest absolute Gasteiger partial charge is 0.216 e. The van der Waals surface area contributed by atoms with Gasteiger partial charge in [0, 0.05) is 36.7 Å². The van der Waals surface area contributed by atoms with E-state index in [0.29, 0.717) is 31.3 Å². The predicted octanol–water partition coefficient (Wildman–Crippen LogP) is 2.58.